The van der Waals surface area contributed by atoms with Crippen LogP contribution < -0.4 is 4.72 Å². The Labute approximate surface area is 114 Å². The molecule has 0 aromatic heterocycles. The molecule has 0 saturated heterocycles. The Morgan fingerprint density at radius 1 is 1.40 bits per heavy atom. The maximum absolute atomic E-state index is 13.3. The number of hydrogen-bond donors (Lipinski definition) is 2. The molecular weight excluding hydrogens is 295 g/mol. The molecule has 0 amide bonds. The van der Waals surface area contributed by atoms with Gasteiger partial charge in [-0.3, -0.25) is 10.1 Å². The predicted octanol–water partition coefficient (Wildman–Crippen LogP) is 0.0211. The van der Waals surface area contributed by atoms with Crippen molar-refractivity contribution < 1.29 is 27.6 Å². The molecule has 1 aromatic rings. The number of nitrogens with zero attached hydrogens (tertiary/aromatic N) is 1. The first kappa shape index (κ1) is 16.4. The van der Waals surface area contributed by atoms with Crippen molar-refractivity contribution in [2.75, 3.05) is 26.4 Å². The lowest BCUT2D eigenvalue weighted by molar-refractivity contribution is -0.390. The minimum atomic E-state index is -4.22. The number of aliphatic hydroxyl groups is 1. The fraction of sp³-hybridized carbons (Fsp3) is 0.400. The largest absolute Gasteiger partial charge is 0.394 e. The van der Waals surface area contributed by atoms with Crippen molar-refractivity contribution in [2.24, 2.45) is 0 Å². The number of sulfonamides is 1. The Morgan fingerprint density at radius 2 is 2.10 bits per heavy atom. The lowest BCUT2D eigenvalue weighted by Crippen LogP contribution is -2.28. The minimum absolute atomic E-state index is 0.0249. The lowest BCUT2D eigenvalue weighted by Gasteiger charge is -2.07. The molecule has 0 spiro atoms. The maximum atomic E-state index is 13.3. The van der Waals surface area contributed by atoms with Gasteiger partial charge in [0.25, 0.3) is 0 Å². The second-order valence-corrected chi connectivity index (χ2v) is 5.31. The number of rotatable bonds is 8. The van der Waals surface area contributed by atoms with Gasteiger partial charge in [0.05, 0.1) is 24.7 Å². The van der Waals surface area contributed by atoms with Gasteiger partial charge >= 0.3 is 5.69 Å². The SMILES string of the molecule is O=[N+]([O-])c1c(F)cccc1S(=O)(=O)NCCOCCO. The third kappa shape index (κ3) is 4.20. The molecule has 0 heterocycles. The molecule has 0 atom stereocenters. The Bertz CT molecular complexity index is 577. The quantitative estimate of drug-likeness (QED) is 0.397. The van der Waals surface area contributed by atoms with Gasteiger partial charge in [-0.1, -0.05) is 6.07 Å². The highest BCUT2D eigenvalue weighted by atomic mass is 32.2. The van der Waals surface area contributed by atoms with Crippen LogP contribution in [0.1, 0.15) is 0 Å². The fourth-order valence-electron chi connectivity index (χ4n) is 1.38. The molecule has 8 nitrogen and oxygen atoms in total. The van der Waals surface area contributed by atoms with Crippen LogP contribution in [0.25, 0.3) is 0 Å². The molecule has 0 aliphatic rings. The number of benzene rings is 1. The van der Waals surface area contributed by atoms with Crippen molar-refractivity contribution in [1.29, 1.82) is 0 Å². The van der Waals surface area contributed by atoms with Crippen LogP contribution in [0.2, 0.25) is 0 Å². The van der Waals surface area contributed by atoms with Crippen molar-refractivity contribution in [3.8, 4) is 0 Å². The van der Waals surface area contributed by atoms with E-state index < -0.39 is 31.3 Å². The maximum Gasteiger partial charge on any atom is 0.324 e. The van der Waals surface area contributed by atoms with E-state index in [-0.39, 0.29) is 26.4 Å². The van der Waals surface area contributed by atoms with E-state index in [1.807, 2.05) is 0 Å². The molecule has 20 heavy (non-hydrogen) atoms. The first-order chi connectivity index (χ1) is 9.40. The fourth-order valence-corrected chi connectivity index (χ4v) is 2.57. The average molecular weight is 308 g/mol. The number of nitro groups is 1. The molecule has 0 bridgehead atoms. The number of nitrogens with one attached hydrogen (secondary N) is 1. The summed E-state index contributed by atoms with van der Waals surface area (Å²) in [7, 11) is -4.22. The summed E-state index contributed by atoms with van der Waals surface area (Å²) < 4.78 is 43.9. The summed E-state index contributed by atoms with van der Waals surface area (Å²) in [6.45, 7) is -0.344. The van der Waals surface area contributed by atoms with Gasteiger partial charge in [-0.05, 0) is 12.1 Å². The highest BCUT2D eigenvalue weighted by Crippen LogP contribution is 2.26. The van der Waals surface area contributed by atoms with E-state index in [9.17, 15) is 22.9 Å². The minimum Gasteiger partial charge on any atom is -0.394 e. The molecule has 0 saturated carbocycles. The van der Waals surface area contributed by atoms with Crippen LogP contribution in [0.3, 0.4) is 0 Å². The summed E-state index contributed by atoms with van der Waals surface area (Å²) in [6.07, 6.45) is 0. The summed E-state index contributed by atoms with van der Waals surface area (Å²) in [5.41, 5.74) is -1.10. The number of halogens is 1. The van der Waals surface area contributed by atoms with E-state index in [1.54, 1.807) is 0 Å². The zero-order chi connectivity index (χ0) is 15.2. The van der Waals surface area contributed by atoms with Gasteiger partial charge in [0.1, 0.15) is 0 Å². The second-order valence-electron chi connectivity index (χ2n) is 3.58. The second kappa shape index (κ2) is 7.24. The smallest absolute Gasteiger partial charge is 0.324 e. The molecule has 1 rings (SSSR count). The number of aliphatic hydroxyl groups excluding tert-OH is 1. The van der Waals surface area contributed by atoms with E-state index in [1.165, 1.54) is 0 Å². The molecule has 0 unspecified atom stereocenters. The zero-order valence-corrected chi connectivity index (χ0v) is 11.1. The van der Waals surface area contributed by atoms with E-state index in [0.29, 0.717) is 0 Å². The van der Waals surface area contributed by atoms with E-state index in [4.69, 9.17) is 9.84 Å². The van der Waals surface area contributed by atoms with Crippen molar-refractivity contribution in [3.63, 3.8) is 0 Å². The summed E-state index contributed by atoms with van der Waals surface area (Å²) in [6, 6.07) is 2.82. The Balaban J connectivity index is 2.88. The van der Waals surface area contributed by atoms with E-state index in [2.05, 4.69) is 4.72 Å². The third-order valence-corrected chi connectivity index (χ3v) is 3.69. The molecule has 0 aliphatic heterocycles. The van der Waals surface area contributed by atoms with Crippen molar-refractivity contribution in [2.45, 2.75) is 4.90 Å². The van der Waals surface area contributed by atoms with Crippen molar-refractivity contribution in [1.82, 2.24) is 4.72 Å². The number of para-hydroxylation sites is 1. The van der Waals surface area contributed by atoms with Crippen LogP contribution in [-0.4, -0.2) is 44.8 Å². The van der Waals surface area contributed by atoms with Crippen LogP contribution in [0.15, 0.2) is 23.1 Å². The normalized spacial score (nSPS) is 11.5. The van der Waals surface area contributed by atoms with Gasteiger partial charge < -0.3 is 9.84 Å². The summed E-state index contributed by atoms with van der Waals surface area (Å²) in [4.78, 5) is 8.89. The molecule has 112 valence electrons. The van der Waals surface area contributed by atoms with E-state index in [0.717, 1.165) is 18.2 Å². The molecule has 10 heteroatoms. The predicted molar refractivity (Wildman–Crippen MR) is 66.1 cm³/mol. The van der Waals surface area contributed by atoms with Gasteiger partial charge in [0.2, 0.25) is 15.8 Å². The van der Waals surface area contributed by atoms with Crippen LogP contribution >= 0.6 is 0 Å². The molecule has 0 radical (unpaired) electrons. The van der Waals surface area contributed by atoms with Crippen LogP contribution in [0.5, 0.6) is 0 Å². The van der Waals surface area contributed by atoms with Crippen LogP contribution in [0, 0.1) is 15.9 Å². The van der Waals surface area contributed by atoms with Gasteiger partial charge in [-0.2, -0.15) is 4.39 Å². The number of ether oxygens (including phenoxy) is 1. The molecular formula is C10H13FN2O6S. The Kier molecular flexibility index (Phi) is 5.95. The van der Waals surface area contributed by atoms with E-state index >= 15 is 0 Å². The summed E-state index contributed by atoms with van der Waals surface area (Å²) >= 11 is 0. The van der Waals surface area contributed by atoms with Crippen molar-refractivity contribution >= 4 is 15.7 Å². The molecule has 0 fully saturated rings. The molecule has 0 aliphatic carbocycles. The summed E-state index contributed by atoms with van der Waals surface area (Å²) in [5, 5.41) is 19.2. The topological polar surface area (TPSA) is 119 Å². The van der Waals surface area contributed by atoms with Crippen LogP contribution in [-0.2, 0) is 14.8 Å². The standard InChI is InChI=1S/C10H13FN2O6S/c11-8-2-1-3-9(10(8)13(15)16)20(17,18)12-4-6-19-7-5-14/h1-3,12,14H,4-7H2. The first-order valence-electron chi connectivity index (χ1n) is 5.51. The highest BCUT2D eigenvalue weighted by Gasteiger charge is 2.28. The van der Waals surface area contributed by atoms with Gasteiger partial charge in [-0.25, -0.2) is 13.1 Å². The van der Waals surface area contributed by atoms with Crippen LogP contribution in [0.4, 0.5) is 10.1 Å². The number of nitro benzene ring substituents is 1. The molecule has 2 N–H and O–H groups in total. The number of hydrogen-bond acceptors (Lipinski definition) is 6. The summed E-state index contributed by atoms with van der Waals surface area (Å²) in [5.74, 6) is -1.23. The van der Waals surface area contributed by atoms with Gasteiger partial charge in [0.15, 0.2) is 4.90 Å². The monoisotopic (exact) mass is 308 g/mol. The van der Waals surface area contributed by atoms with Gasteiger partial charge in [0, 0.05) is 6.54 Å². The van der Waals surface area contributed by atoms with Gasteiger partial charge in [-0.15, -0.1) is 0 Å². The Morgan fingerprint density at radius 3 is 2.70 bits per heavy atom. The Hall–Kier alpha value is -1.62. The van der Waals surface area contributed by atoms with Crippen molar-refractivity contribution in [3.05, 3.63) is 34.1 Å². The zero-order valence-electron chi connectivity index (χ0n) is 10.3. The average Bonchev–Trinajstić information content (AvgIpc) is 2.37. The molecule has 1 aromatic carbocycles. The highest BCUT2D eigenvalue weighted by molar-refractivity contribution is 7.89. The first-order valence-corrected chi connectivity index (χ1v) is 6.99. The third-order valence-electron chi connectivity index (χ3n) is 2.20. The lowest BCUT2D eigenvalue weighted by atomic mass is 10.3.